The van der Waals surface area contributed by atoms with Crippen molar-refractivity contribution in [1.82, 2.24) is 5.32 Å². The van der Waals surface area contributed by atoms with Crippen molar-refractivity contribution in [3.63, 3.8) is 0 Å². The number of ether oxygens (including phenoxy) is 2. The molecular formula is C15H31NO3. The highest BCUT2D eigenvalue weighted by molar-refractivity contribution is 5.81. The third-order valence-electron chi connectivity index (χ3n) is 2.34. The van der Waals surface area contributed by atoms with E-state index < -0.39 is 0 Å². The third kappa shape index (κ3) is 9.91. The van der Waals surface area contributed by atoms with E-state index in [9.17, 15) is 4.79 Å². The molecule has 0 saturated carbocycles. The van der Waals surface area contributed by atoms with Crippen LogP contribution in [0, 0.1) is 5.41 Å². The van der Waals surface area contributed by atoms with Gasteiger partial charge in [0.25, 0.3) is 0 Å². The molecule has 0 rings (SSSR count). The standard InChI is InChI=1S/C15H31NO3/c1-11(2)19-12(10-18-15(6,7)8)9-16-13(17)14(3,4)5/h11-12H,9-10H2,1-8H3,(H,16,17). The molecule has 0 spiro atoms. The number of hydrogen-bond donors (Lipinski definition) is 1. The fourth-order valence-corrected chi connectivity index (χ4v) is 1.35. The van der Waals surface area contributed by atoms with Gasteiger partial charge < -0.3 is 14.8 Å². The van der Waals surface area contributed by atoms with Crippen molar-refractivity contribution >= 4 is 5.91 Å². The van der Waals surface area contributed by atoms with Crippen molar-refractivity contribution in [1.29, 1.82) is 0 Å². The van der Waals surface area contributed by atoms with Crippen molar-refractivity contribution in [2.45, 2.75) is 73.2 Å². The van der Waals surface area contributed by atoms with Crippen molar-refractivity contribution in [3.05, 3.63) is 0 Å². The van der Waals surface area contributed by atoms with E-state index in [2.05, 4.69) is 5.32 Å². The Balaban J connectivity index is 4.32. The van der Waals surface area contributed by atoms with Gasteiger partial charge >= 0.3 is 0 Å². The van der Waals surface area contributed by atoms with Crippen LogP contribution < -0.4 is 5.32 Å². The highest BCUT2D eigenvalue weighted by atomic mass is 16.5. The predicted molar refractivity (Wildman–Crippen MR) is 78.2 cm³/mol. The molecule has 0 aromatic heterocycles. The molecule has 4 nitrogen and oxygen atoms in total. The van der Waals surface area contributed by atoms with E-state index in [0.717, 1.165) is 0 Å². The summed E-state index contributed by atoms with van der Waals surface area (Å²) in [5, 5.41) is 2.92. The van der Waals surface area contributed by atoms with Crippen molar-refractivity contribution in [2.75, 3.05) is 13.2 Å². The molecule has 114 valence electrons. The quantitative estimate of drug-likeness (QED) is 0.809. The Hall–Kier alpha value is -0.610. The Morgan fingerprint density at radius 2 is 1.63 bits per heavy atom. The molecule has 1 atom stereocenters. The van der Waals surface area contributed by atoms with E-state index in [4.69, 9.17) is 9.47 Å². The van der Waals surface area contributed by atoms with Crippen LogP contribution in [-0.4, -0.2) is 36.9 Å². The van der Waals surface area contributed by atoms with Gasteiger partial charge in [0.1, 0.15) is 0 Å². The lowest BCUT2D eigenvalue weighted by Crippen LogP contribution is -2.43. The number of hydrogen-bond acceptors (Lipinski definition) is 3. The maximum atomic E-state index is 11.8. The smallest absolute Gasteiger partial charge is 0.225 e. The van der Waals surface area contributed by atoms with E-state index >= 15 is 0 Å². The van der Waals surface area contributed by atoms with E-state index in [1.54, 1.807) is 0 Å². The fourth-order valence-electron chi connectivity index (χ4n) is 1.35. The number of rotatable bonds is 6. The molecule has 0 radical (unpaired) electrons. The average molecular weight is 273 g/mol. The van der Waals surface area contributed by atoms with Crippen LogP contribution in [-0.2, 0) is 14.3 Å². The molecule has 0 fully saturated rings. The first-order chi connectivity index (χ1) is 8.42. The summed E-state index contributed by atoms with van der Waals surface area (Å²) < 4.78 is 11.5. The zero-order chi connectivity index (χ0) is 15.3. The van der Waals surface area contributed by atoms with Gasteiger partial charge in [0.2, 0.25) is 5.91 Å². The summed E-state index contributed by atoms with van der Waals surface area (Å²) in [7, 11) is 0. The van der Waals surface area contributed by atoms with Crippen LogP contribution >= 0.6 is 0 Å². The van der Waals surface area contributed by atoms with Crippen LogP contribution in [0.15, 0.2) is 0 Å². The van der Waals surface area contributed by atoms with Gasteiger partial charge in [0, 0.05) is 12.0 Å². The first-order valence-electron chi connectivity index (χ1n) is 6.99. The largest absolute Gasteiger partial charge is 0.373 e. The topological polar surface area (TPSA) is 47.6 Å². The van der Waals surface area contributed by atoms with Gasteiger partial charge in [0.05, 0.1) is 24.4 Å². The van der Waals surface area contributed by atoms with E-state index in [1.807, 2.05) is 55.4 Å². The molecule has 19 heavy (non-hydrogen) atoms. The van der Waals surface area contributed by atoms with Gasteiger partial charge in [-0.25, -0.2) is 0 Å². The average Bonchev–Trinajstić information content (AvgIpc) is 2.18. The molecule has 0 aliphatic heterocycles. The molecule has 1 unspecified atom stereocenters. The summed E-state index contributed by atoms with van der Waals surface area (Å²) in [6, 6.07) is 0. The monoisotopic (exact) mass is 273 g/mol. The summed E-state index contributed by atoms with van der Waals surface area (Å²) in [4.78, 5) is 11.8. The second-order valence-corrected chi connectivity index (χ2v) is 7.19. The van der Waals surface area contributed by atoms with Crippen molar-refractivity contribution in [2.24, 2.45) is 5.41 Å². The predicted octanol–water partition coefficient (Wildman–Crippen LogP) is 2.76. The minimum Gasteiger partial charge on any atom is -0.373 e. The molecule has 0 aliphatic rings. The number of carbonyl (C=O) groups is 1. The molecule has 0 aromatic rings. The van der Waals surface area contributed by atoms with Crippen LogP contribution in [0.25, 0.3) is 0 Å². The molecule has 0 bridgehead atoms. The molecule has 0 heterocycles. The lowest BCUT2D eigenvalue weighted by molar-refractivity contribution is -0.130. The fraction of sp³-hybridized carbons (Fsp3) is 0.933. The summed E-state index contributed by atoms with van der Waals surface area (Å²) in [6.45, 7) is 16.6. The van der Waals surface area contributed by atoms with Gasteiger partial charge in [-0.3, -0.25) is 4.79 Å². The van der Waals surface area contributed by atoms with Crippen LogP contribution in [0.3, 0.4) is 0 Å². The number of amides is 1. The van der Waals surface area contributed by atoms with E-state index in [0.29, 0.717) is 13.2 Å². The Morgan fingerprint density at radius 3 is 2.00 bits per heavy atom. The third-order valence-corrected chi connectivity index (χ3v) is 2.34. The maximum Gasteiger partial charge on any atom is 0.225 e. The summed E-state index contributed by atoms with van der Waals surface area (Å²) in [6.07, 6.45) is -0.00867. The minimum absolute atomic E-state index is 0.0283. The Labute approximate surface area is 118 Å². The van der Waals surface area contributed by atoms with Crippen LogP contribution in [0.1, 0.15) is 55.4 Å². The highest BCUT2D eigenvalue weighted by Crippen LogP contribution is 2.13. The number of nitrogens with one attached hydrogen (secondary N) is 1. The molecule has 0 aromatic carbocycles. The SMILES string of the molecule is CC(C)OC(CNC(=O)C(C)(C)C)COC(C)(C)C. The molecule has 1 amide bonds. The van der Waals surface area contributed by atoms with Crippen LogP contribution in [0.5, 0.6) is 0 Å². The Kier molecular flexibility index (Phi) is 7.01. The Morgan fingerprint density at radius 1 is 1.11 bits per heavy atom. The van der Waals surface area contributed by atoms with Crippen LogP contribution in [0.4, 0.5) is 0 Å². The Bertz CT molecular complexity index is 274. The van der Waals surface area contributed by atoms with Gasteiger partial charge in [-0.15, -0.1) is 0 Å². The molecular weight excluding hydrogens is 242 g/mol. The summed E-state index contributed by atoms with van der Waals surface area (Å²) >= 11 is 0. The second kappa shape index (κ2) is 7.25. The zero-order valence-corrected chi connectivity index (χ0v) is 13.8. The zero-order valence-electron chi connectivity index (χ0n) is 13.8. The van der Waals surface area contributed by atoms with Crippen molar-refractivity contribution in [3.8, 4) is 0 Å². The van der Waals surface area contributed by atoms with Gasteiger partial charge in [-0.05, 0) is 34.6 Å². The molecule has 1 N–H and O–H groups in total. The lowest BCUT2D eigenvalue weighted by atomic mass is 9.96. The highest BCUT2D eigenvalue weighted by Gasteiger charge is 2.23. The van der Waals surface area contributed by atoms with E-state index in [-0.39, 0.29) is 29.1 Å². The normalized spacial score (nSPS) is 14.6. The molecule has 4 heteroatoms. The molecule has 0 saturated heterocycles. The van der Waals surface area contributed by atoms with Crippen molar-refractivity contribution < 1.29 is 14.3 Å². The van der Waals surface area contributed by atoms with Crippen LogP contribution in [0.2, 0.25) is 0 Å². The lowest BCUT2D eigenvalue weighted by Gasteiger charge is -2.27. The molecule has 0 aliphatic carbocycles. The summed E-state index contributed by atoms with van der Waals surface area (Å²) in [5.74, 6) is 0.0283. The first-order valence-corrected chi connectivity index (χ1v) is 6.99. The first kappa shape index (κ1) is 18.4. The number of carbonyl (C=O) groups excluding carboxylic acids is 1. The van der Waals surface area contributed by atoms with Gasteiger partial charge in [0.15, 0.2) is 0 Å². The maximum absolute atomic E-state index is 11.8. The summed E-state index contributed by atoms with van der Waals surface area (Å²) in [5.41, 5.74) is -0.583. The van der Waals surface area contributed by atoms with E-state index in [1.165, 1.54) is 0 Å². The minimum atomic E-state index is -0.382. The van der Waals surface area contributed by atoms with Gasteiger partial charge in [-0.2, -0.15) is 0 Å². The van der Waals surface area contributed by atoms with Gasteiger partial charge in [-0.1, -0.05) is 20.8 Å². The second-order valence-electron chi connectivity index (χ2n) is 7.19.